The zero-order valence-corrected chi connectivity index (χ0v) is 12.7. The minimum atomic E-state index is 0.704. The van der Waals surface area contributed by atoms with Gasteiger partial charge < -0.3 is 5.73 Å². The SMILES string of the molecule is Nc1ccc(Cl)cc1-c1cccc2sc3ccccc3c12. The highest BCUT2D eigenvalue weighted by molar-refractivity contribution is 7.25. The number of anilines is 1. The van der Waals surface area contributed by atoms with Crippen LogP contribution in [-0.4, -0.2) is 0 Å². The fraction of sp³-hybridized carbons (Fsp3) is 0. The second-order valence-corrected chi connectivity index (χ2v) is 6.53. The molecule has 3 heteroatoms. The van der Waals surface area contributed by atoms with Crippen molar-refractivity contribution in [3.8, 4) is 11.1 Å². The first-order valence-electron chi connectivity index (χ1n) is 6.70. The normalized spacial score (nSPS) is 11.3. The van der Waals surface area contributed by atoms with Crippen LogP contribution in [0.3, 0.4) is 0 Å². The number of benzene rings is 3. The highest BCUT2D eigenvalue weighted by atomic mass is 35.5. The van der Waals surface area contributed by atoms with Crippen LogP contribution >= 0.6 is 22.9 Å². The smallest absolute Gasteiger partial charge is 0.0413 e. The molecule has 0 aliphatic heterocycles. The van der Waals surface area contributed by atoms with Gasteiger partial charge >= 0.3 is 0 Å². The highest BCUT2D eigenvalue weighted by Crippen LogP contribution is 2.41. The molecule has 0 spiro atoms. The van der Waals surface area contributed by atoms with Crippen LogP contribution in [0.4, 0.5) is 5.69 Å². The maximum atomic E-state index is 6.17. The Morgan fingerprint density at radius 3 is 2.52 bits per heavy atom. The van der Waals surface area contributed by atoms with Crippen LogP contribution in [0.5, 0.6) is 0 Å². The molecule has 0 saturated carbocycles. The van der Waals surface area contributed by atoms with Crippen molar-refractivity contribution in [2.75, 3.05) is 5.73 Å². The summed E-state index contributed by atoms with van der Waals surface area (Å²) in [6, 6.07) is 20.5. The third-order valence-corrected chi connectivity index (χ3v) is 5.08. The second kappa shape index (κ2) is 4.76. The molecule has 102 valence electrons. The minimum Gasteiger partial charge on any atom is -0.398 e. The molecular formula is C18H12ClNS. The average molecular weight is 310 g/mol. The highest BCUT2D eigenvalue weighted by Gasteiger charge is 2.12. The van der Waals surface area contributed by atoms with Crippen LogP contribution in [-0.2, 0) is 0 Å². The van der Waals surface area contributed by atoms with E-state index in [1.807, 2.05) is 18.2 Å². The molecule has 0 bridgehead atoms. The number of nitrogens with two attached hydrogens (primary N) is 1. The van der Waals surface area contributed by atoms with Gasteiger partial charge in [-0.15, -0.1) is 11.3 Å². The number of hydrogen-bond donors (Lipinski definition) is 1. The Balaban J connectivity index is 2.16. The minimum absolute atomic E-state index is 0.704. The maximum Gasteiger partial charge on any atom is 0.0413 e. The lowest BCUT2D eigenvalue weighted by atomic mass is 9.98. The van der Waals surface area contributed by atoms with Crippen molar-refractivity contribution in [3.63, 3.8) is 0 Å². The first-order valence-corrected chi connectivity index (χ1v) is 7.89. The lowest BCUT2D eigenvalue weighted by molar-refractivity contribution is 1.65. The lowest BCUT2D eigenvalue weighted by Crippen LogP contribution is -1.90. The standard InChI is InChI=1S/C18H12ClNS/c19-11-8-9-15(20)14(10-11)12-5-3-7-17-18(12)13-4-1-2-6-16(13)21-17/h1-10H,20H2. The molecule has 1 heterocycles. The molecule has 2 N–H and O–H groups in total. The predicted octanol–water partition coefficient (Wildman–Crippen LogP) is 5.96. The Morgan fingerprint density at radius 2 is 1.62 bits per heavy atom. The number of thiophene rings is 1. The summed E-state index contributed by atoms with van der Waals surface area (Å²) in [5.74, 6) is 0. The monoisotopic (exact) mass is 309 g/mol. The summed E-state index contributed by atoms with van der Waals surface area (Å²) >= 11 is 7.96. The molecule has 0 radical (unpaired) electrons. The first-order chi connectivity index (χ1) is 10.2. The maximum absolute atomic E-state index is 6.17. The van der Waals surface area contributed by atoms with Crippen LogP contribution < -0.4 is 5.73 Å². The Kier molecular flexibility index (Phi) is 2.88. The van der Waals surface area contributed by atoms with Crippen LogP contribution in [0.1, 0.15) is 0 Å². The molecular weight excluding hydrogens is 298 g/mol. The predicted molar refractivity (Wildman–Crippen MR) is 94.2 cm³/mol. The van der Waals surface area contributed by atoms with Crippen molar-refractivity contribution in [1.29, 1.82) is 0 Å². The van der Waals surface area contributed by atoms with Gasteiger partial charge in [-0.1, -0.05) is 41.9 Å². The molecule has 1 nitrogen and oxygen atoms in total. The molecule has 0 fully saturated rings. The van der Waals surface area contributed by atoms with E-state index in [9.17, 15) is 0 Å². The molecule has 0 saturated heterocycles. The summed E-state index contributed by atoms with van der Waals surface area (Å²) in [5, 5.41) is 3.23. The molecule has 0 aliphatic rings. The summed E-state index contributed by atoms with van der Waals surface area (Å²) in [4.78, 5) is 0. The van der Waals surface area contributed by atoms with Crippen LogP contribution in [0, 0.1) is 0 Å². The van der Waals surface area contributed by atoms with E-state index < -0.39 is 0 Å². The van der Waals surface area contributed by atoms with Gasteiger partial charge in [0, 0.05) is 36.4 Å². The molecule has 3 aromatic carbocycles. The van der Waals surface area contributed by atoms with E-state index in [2.05, 4.69) is 42.5 Å². The van der Waals surface area contributed by atoms with E-state index in [1.165, 1.54) is 20.2 Å². The Labute approximate surface area is 131 Å². The topological polar surface area (TPSA) is 26.0 Å². The fourth-order valence-electron chi connectivity index (χ4n) is 2.76. The van der Waals surface area contributed by atoms with Gasteiger partial charge in [-0.25, -0.2) is 0 Å². The van der Waals surface area contributed by atoms with Crippen LogP contribution in [0.25, 0.3) is 31.3 Å². The van der Waals surface area contributed by atoms with Crippen molar-refractivity contribution in [1.82, 2.24) is 0 Å². The van der Waals surface area contributed by atoms with Crippen molar-refractivity contribution in [2.24, 2.45) is 0 Å². The molecule has 0 unspecified atom stereocenters. The van der Waals surface area contributed by atoms with E-state index in [0.29, 0.717) is 5.02 Å². The molecule has 21 heavy (non-hydrogen) atoms. The van der Waals surface area contributed by atoms with Crippen molar-refractivity contribution in [2.45, 2.75) is 0 Å². The van der Waals surface area contributed by atoms with Gasteiger partial charge in [-0.05, 0) is 35.9 Å². The zero-order valence-electron chi connectivity index (χ0n) is 11.1. The summed E-state index contributed by atoms with van der Waals surface area (Å²) in [6.07, 6.45) is 0. The van der Waals surface area contributed by atoms with Crippen molar-refractivity contribution < 1.29 is 0 Å². The molecule has 0 aliphatic carbocycles. The number of nitrogen functional groups attached to an aromatic ring is 1. The van der Waals surface area contributed by atoms with Gasteiger partial charge in [-0.2, -0.15) is 0 Å². The number of hydrogen-bond acceptors (Lipinski definition) is 2. The Morgan fingerprint density at radius 1 is 0.810 bits per heavy atom. The summed E-state index contributed by atoms with van der Waals surface area (Å²) in [6.45, 7) is 0. The quantitative estimate of drug-likeness (QED) is 0.431. The average Bonchev–Trinajstić information content (AvgIpc) is 2.88. The lowest BCUT2D eigenvalue weighted by Gasteiger charge is -2.08. The first kappa shape index (κ1) is 12.7. The van der Waals surface area contributed by atoms with E-state index >= 15 is 0 Å². The number of fused-ring (bicyclic) bond motifs is 3. The van der Waals surface area contributed by atoms with Crippen LogP contribution in [0.15, 0.2) is 60.7 Å². The van der Waals surface area contributed by atoms with Gasteiger partial charge in [0.05, 0.1) is 0 Å². The molecule has 1 aromatic heterocycles. The van der Waals surface area contributed by atoms with Gasteiger partial charge in [0.15, 0.2) is 0 Å². The van der Waals surface area contributed by atoms with Gasteiger partial charge in [0.25, 0.3) is 0 Å². The fourth-order valence-corrected chi connectivity index (χ4v) is 4.07. The van der Waals surface area contributed by atoms with E-state index in [-0.39, 0.29) is 0 Å². The van der Waals surface area contributed by atoms with Gasteiger partial charge in [-0.3, -0.25) is 0 Å². The van der Waals surface area contributed by atoms with E-state index in [4.69, 9.17) is 17.3 Å². The number of rotatable bonds is 1. The van der Waals surface area contributed by atoms with Gasteiger partial charge in [0.2, 0.25) is 0 Å². The summed E-state index contributed by atoms with van der Waals surface area (Å²) in [7, 11) is 0. The number of halogens is 1. The summed E-state index contributed by atoms with van der Waals surface area (Å²) < 4.78 is 2.56. The third kappa shape index (κ3) is 1.99. The zero-order chi connectivity index (χ0) is 14.4. The van der Waals surface area contributed by atoms with Crippen molar-refractivity contribution >= 4 is 48.8 Å². The largest absolute Gasteiger partial charge is 0.398 e. The Bertz CT molecular complexity index is 971. The molecule has 4 aromatic rings. The van der Waals surface area contributed by atoms with Crippen LogP contribution in [0.2, 0.25) is 5.02 Å². The molecule has 0 amide bonds. The second-order valence-electron chi connectivity index (χ2n) is 5.01. The van der Waals surface area contributed by atoms with E-state index in [0.717, 1.165) is 16.8 Å². The summed E-state index contributed by atoms with van der Waals surface area (Å²) in [5.41, 5.74) is 9.06. The molecule has 0 atom stereocenters. The van der Waals surface area contributed by atoms with Crippen molar-refractivity contribution in [3.05, 3.63) is 65.7 Å². The molecule has 4 rings (SSSR count). The Hall–Kier alpha value is -2.03. The van der Waals surface area contributed by atoms with E-state index in [1.54, 1.807) is 11.3 Å². The third-order valence-electron chi connectivity index (χ3n) is 3.71. The van der Waals surface area contributed by atoms with Gasteiger partial charge in [0.1, 0.15) is 0 Å².